The summed E-state index contributed by atoms with van der Waals surface area (Å²) in [5, 5.41) is 2.76. The van der Waals surface area contributed by atoms with E-state index in [4.69, 9.17) is 4.42 Å². The Hall–Kier alpha value is -2.11. The van der Waals surface area contributed by atoms with E-state index >= 15 is 0 Å². The molecule has 2 rings (SSSR count). The first-order valence-corrected chi connectivity index (χ1v) is 6.37. The zero-order valence-electron chi connectivity index (χ0n) is 11.7. The lowest BCUT2D eigenvalue weighted by molar-refractivity contribution is 0.479. The number of aryl methyl sites for hydroxylation is 1. The monoisotopic (exact) mass is 281 g/mol. The third-order valence-electron chi connectivity index (χ3n) is 2.81. The Morgan fingerprint density at radius 1 is 1.30 bits per heavy atom. The molecule has 0 saturated carbocycles. The highest BCUT2D eigenvalue weighted by atomic mass is 19.1. The van der Waals surface area contributed by atoms with Crippen molar-refractivity contribution in [2.75, 3.05) is 23.8 Å². The Labute approximate surface area is 116 Å². The molecule has 2 aromatic heterocycles. The van der Waals surface area contributed by atoms with Crippen LogP contribution < -0.4 is 10.2 Å². The molecular weight excluding hydrogens is 264 g/mol. The van der Waals surface area contributed by atoms with Gasteiger partial charge in [0.25, 0.3) is 0 Å². The molecule has 0 amide bonds. The normalized spacial score (nSPS) is 10.7. The summed E-state index contributed by atoms with van der Waals surface area (Å²) in [4.78, 5) is 5.56. The molecule has 0 aliphatic heterocycles. The largest absolute Gasteiger partial charge is 0.464 e. The average molecular weight is 281 g/mol. The Kier molecular flexibility index (Phi) is 4.22. The third-order valence-corrected chi connectivity index (χ3v) is 2.81. The van der Waals surface area contributed by atoms with Crippen molar-refractivity contribution in [3.63, 3.8) is 0 Å². The minimum atomic E-state index is -0.699. The van der Waals surface area contributed by atoms with Crippen LogP contribution in [-0.2, 0) is 6.54 Å². The van der Waals surface area contributed by atoms with Crippen LogP contribution in [0.4, 0.5) is 20.4 Å². The van der Waals surface area contributed by atoms with E-state index in [2.05, 4.69) is 10.3 Å². The summed E-state index contributed by atoms with van der Waals surface area (Å²) >= 11 is 0. The highest BCUT2D eigenvalue weighted by Gasteiger charge is 2.16. The summed E-state index contributed by atoms with van der Waals surface area (Å²) in [6, 6.07) is 4.49. The van der Waals surface area contributed by atoms with Crippen molar-refractivity contribution in [2.24, 2.45) is 0 Å². The van der Waals surface area contributed by atoms with Crippen LogP contribution in [0.2, 0.25) is 0 Å². The van der Waals surface area contributed by atoms with Gasteiger partial charge in [-0.2, -0.15) is 0 Å². The molecule has 6 heteroatoms. The van der Waals surface area contributed by atoms with Gasteiger partial charge in [-0.05, 0) is 26.0 Å². The Morgan fingerprint density at radius 2 is 2.05 bits per heavy atom. The van der Waals surface area contributed by atoms with Crippen LogP contribution in [0.25, 0.3) is 0 Å². The molecule has 0 aromatic carbocycles. The minimum Gasteiger partial charge on any atom is -0.464 e. The number of nitrogens with zero attached hydrogens (tertiary/aromatic N) is 2. The fourth-order valence-electron chi connectivity index (χ4n) is 1.89. The predicted molar refractivity (Wildman–Crippen MR) is 73.9 cm³/mol. The number of nitrogens with one attached hydrogen (secondary N) is 1. The summed E-state index contributed by atoms with van der Waals surface area (Å²) < 4.78 is 32.8. The molecule has 2 aromatic rings. The van der Waals surface area contributed by atoms with Gasteiger partial charge in [0.2, 0.25) is 0 Å². The molecule has 0 aliphatic carbocycles. The van der Waals surface area contributed by atoms with Gasteiger partial charge in [0.15, 0.2) is 23.3 Å². The summed E-state index contributed by atoms with van der Waals surface area (Å²) in [7, 11) is 1.68. The van der Waals surface area contributed by atoms with Gasteiger partial charge < -0.3 is 14.6 Å². The van der Waals surface area contributed by atoms with Crippen molar-refractivity contribution in [3.05, 3.63) is 41.4 Å². The Bertz CT molecular complexity index is 598. The molecular formula is C14H17F2N3O. The lowest BCUT2D eigenvalue weighted by Gasteiger charge is -2.18. The highest BCUT2D eigenvalue weighted by Crippen LogP contribution is 2.23. The molecule has 4 nitrogen and oxygen atoms in total. The smallest absolute Gasteiger partial charge is 0.168 e. The first kappa shape index (κ1) is 14.3. The molecule has 0 spiro atoms. The molecule has 108 valence electrons. The second-order valence-corrected chi connectivity index (χ2v) is 4.52. The van der Waals surface area contributed by atoms with Gasteiger partial charge in [-0.3, -0.25) is 0 Å². The maximum absolute atomic E-state index is 13.8. The maximum Gasteiger partial charge on any atom is 0.168 e. The molecule has 0 saturated heterocycles. The van der Waals surface area contributed by atoms with Crippen LogP contribution in [0, 0.1) is 18.6 Å². The SMILES string of the molecule is CCNc1nc(N(C)Cc2ccc(C)o2)c(F)cc1F. The summed E-state index contributed by atoms with van der Waals surface area (Å²) in [6.45, 7) is 4.52. The highest BCUT2D eigenvalue weighted by molar-refractivity contribution is 5.49. The van der Waals surface area contributed by atoms with E-state index in [1.807, 2.05) is 26.0 Å². The number of pyridine rings is 1. The van der Waals surface area contributed by atoms with E-state index in [1.54, 1.807) is 11.9 Å². The number of aromatic nitrogens is 1. The van der Waals surface area contributed by atoms with E-state index in [0.717, 1.165) is 11.8 Å². The first-order valence-electron chi connectivity index (χ1n) is 6.37. The van der Waals surface area contributed by atoms with Gasteiger partial charge in [-0.1, -0.05) is 0 Å². The quantitative estimate of drug-likeness (QED) is 0.912. The fourth-order valence-corrected chi connectivity index (χ4v) is 1.89. The van der Waals surface area contributed by atoms with E-state index in [1.165, 1.54) is 0 Å². The van der Waals surface area contributed by atoms with Gasteiger partial charge in [0.05, 0.1) is 6.54 Å². The van der Waals surface area contributed by atoms with Crippen LogP contribution in [0.1, 0.15) is 18.4 Å². The summed E-state index contributed by atoms with van der Waals surface area (Å²) in [5.74, 6) is 0.211. The topological polar surface area (TPSA) is 41.3 Å². The van der Waals surface area contributed by atoms with E-state index in [-0.39, 0.29) is 11.6 Å². The molecule has 1 N–H and O–H groups in total. The number of furan rings is 1. The standard InChI is InChI=1S/C14H17F2N3O/c1-4-17-13-11(15)7-12(16)14(18-13)19(3)8-10-6-5-9(2)20-10/h5-7H,4,8H2,1-3H3,(H,17,18). The van der Waals surface area contributed by atoms with Crippen molar-refractivity contribution in [1.82, 2.24) is 4.98 Å². The number of hydrogen-bond donors (Lipinski definition) is 1. The molecule has 2 heterocycles. The van der Waals surface area contributed by atoms with E-state index < -0.39 is 11.6 Å². The molecule has 20 heavy (non-hydrogen) atoms. The second kappa shape index (κ2) is 5.90. The van der Waals surface area contributed by atoms with Gasteiger partial charge >= 0.3 is 0 Å². The Balaban J connectivity index is 2.24. The van der Waals surface area contributed by atoms with E-state index in [0.29, 0.717) is 18.8 Å². The van der Waals surface area contributed by atoms with Crippen molar-refractivity contribution in [2.45, 2.75) is 20.4 Å². The van der Waals surface area contributed by atoms with Crippen molar-refractivity contribution in [3.8, 4) is 0 Å². The number of halogens is 2. The summed E-state index contributed by atoms with van der Waals surface area (Å²) in [6.07, 6.45) is 0. The molecule has 0 aliphatic rings. The molecule has 0 bridgehead atoms. The Morgan fingerprint density at radius 3 is 2.65 bits per heavy atom. The van der Waals surface area contributed by atoms with Gasteiger partial charge in [-0.15, -0.1) is 0 Å². The third kappa shape index (κ3) is 3.07. The maximum atomic E-state index is 13.8. The van der Waals surface area contributed by atoms with Crippen LogP contribution in [0.3, 0.4) is 0 Å². The van der Waals surface area contributed by atoms with Crippen LogP contribution in [-0.4, -0.2) is 18.6 Å². The predicted octanol–water partition coefficient (Wildman–Crippen LogP) is 3.33. The zero-order valence-corrected chi connectivity index (χ0v) is 11.7. The zero-order chi connectivity index (χ0) is 14.7. The average Bonchev–Trinajstić information content (AvgIpc) is 2.78. The van der Waals surface area contributed by atoms with Crippen molar-refractivity contribution < 1.29 is 13.2 Å². The van der Waals surface area contributed by atoms with Crippen LogP contribution in [0.15, 0.2) is 22.6 Å². The molecule has 0 unspecified atom stereocenters. The van der Waals surface area contributed by atoms with Crippen LogP contribution in [0.5, 0.6) is 0 Å². The minimum absolute atomic E-state index is 0.0476. The number of rotatable bonds is 5. The molecule has 0 fully saturated rings. The summed E-state index contributed by atoms with van der Waals surface area (Å²) in [5.41, 5.74) is 0. The fraction of sp³-hybridized carbons (Fsp3) is 0.357. The van der Waals surface area contributed by atoms with Crippen LogP contribution >= 0.6 is 0 Å². The van der Waals surface area contributed by atoms with Gasteiger partial charge in [0.1, 0.15) is 11.5 Å². The molecule has 0 atom stereocenters. The van der Waals surface area contributed by atoms with Crippen molar-refractivity contribution in [1.29, 1.82) is 0 Å². The van der Waals surface area contributed by atoms with Gasteiger partial charge in [0, 0.05) is 19.7 Å². The number of anilines is 2. The molecule has 0 radical (unpaired) electrons. The van der Waals surface area contributed by atoms with Gasteiger partial charge in [-0.25, -0.2) is 13.8 Å². The van der Waals surface area contributed by atoms with Crippen molar-refractivity contribution >= 4 is 11.6 Å². The first-order chi connectivity index (χ1) is 9.51. The lowest BCUT2D eigenvalue weighted by Crippen LogP contribution is -2.20. The van der Waals surface area contributed by atoms with E-state index in [9.17, 15) is 8.78 Å². The second-order valence-electron chi connectivity index (χ2n) is 4.52. The lowest BCUT2D eigenvalue weighted by atomic mass is 10.3. The number of hydrogen-bond acceptors (Lipinski definition) is 4.